The summed E-state index contributed by atoms with van der Waals surface area (Å²) >= 11 is 0. The predicted octanol–water partition coefficient (Wildman–Crippen LogP) is 2.25. The summed E-state index contributed by atoms with van der Waals surface area (Å²) in [5.74, 6) is 0.0438. The van der Waals surface area contributed by atoms with Gasteiger partial charge in [0.05, 0.1) is 12.6 Å². The van der Waals surface area contributed by atoms with Crippen LogP contribution < -0.4 is 5.48 Å². The summed E-state index contributed by atoms with van der Waals surface area (Å²) in [6, 6.07) is 1.53. The molecule has 2 rings (SSSR count). The van der Waals surface area contributed by atoms with Crippen LogP contribution in [-0.2, 0) is 11.4 Å². The number of hydroxylamine groups is 1. The number of carboxylic acid groups (broad SMARTS) is 1. The Balaban J connectivity index is 1.82. The molecule has 5 nitrogen and oxygen atoms in total. The fourth-order valence-electron chi connectivity index (χ4n) is 2.08. The highest BCUT2D eigenvalue weighted by Gasteiger charge is 2.16. The Bertz CT molecular complexity index is 393. The van der Waals surface area contributed by atoms with Crippen molar-refractivity contribution in [3.05, 3.63) is 23.2 Å². The van der Waals surface area contributed by atoms with E-state index in [0.717, 1.165) is 12.8 Å². The molecule has 1 aromatic heterocycles. The molecule has 1 fully saturated rings. The first-order chi connectivity index (χ1) is 8.16. The van der Waals surface area contributed by atoms with Gasteiger partial charge < -0.3 is 9.52 Å². The Hall–Kier alpha value is -1.33. The average molecular weight is 239 g/mol. The molecule has 2 N–H and O–H groups in total. The molecule has 0 atom stereocenters. The molecular formula is C12H17NO4. The number of aromatic carboxylic acids is 1. The van der Waals surface area contributed by atoms with Crippen LogP contribution in [0.25, 0.3) is 0 Å². The van der Waals surface area contributed by atoms with Gasteiger partial charge in [-0.1, -0.05) is 12.8 Å². The van der Waals surface area contributed by atoms with E-state index in [9.17, 15) is 4.79 Å². The summed E-state index contributed by atoms with van der Waals surface area (Å²) in [7, 11) is 0. The maximum atomic E-state index is 10.8. The molecule has 1 saturated carbocycles. The lowest BCUT2D eigenvalue weighted by molar-refractivity contribution is -0.0268. The van der Waals surface area contributed by atoms with Gasteiger partial charge in [0.2, 0.25) is 0 Å². The third-order valence-electron chi connectivity index (χ3n) is 3.00. The minimum Gasteiger partial charge on any atom is -0.478 e. The van der Waals surface area contributed by atoms with Gasteiger partial charge >= 0.3 is 5.97 Å². The van der Waals surface area contributed by atoms with E-state index in [1.807, 2.05) is 0 Å². The number of furan rings is 1. The molecule has 1 heterocycles. The van der Waals surface area contributed by atoms with Gasteiger partial charge in [0.15, 0.2) is 0 Å². The monoisotopic (exact) mass is 239 g/mol. The van der Waals surface area contributed by atoms with Crippen LogP contribution in [0.2, 0.25) is 0 Å². The zero-order valence-electron chi connectivity index (χ0n) is 9.86. The van der Waals surface area contributed by atoms with Crippen LogP contribution >= 0.6 is 0 Å². The van der Waals surface area contributed by atoms with Crippen LogP contribution in [-0.4, -0.2) is 17.2 Å². The Morgan fingerprint density at radius 3 is 2.88 bits per heavy atom. The quantitative estimate of drug-likeness (QED) is 0.771. The van der Waals surface area contributed by atoms with Crippen LogP contribution in [0.3, 0.4) is 0 Å². The molecular weight excluding hydrogens is 222 g/mol. The molecule has 1 aliphatic rings. The number of nitrogens with one attached hydrogen (secondary N) is 1. The van der Waals surface area contributed by atoms with Crippen molar-refractivity contribution in [3.8, 4) is 0 Å². The molecule has 0 amide bonds. The summed E-state index contributed by atoms with van der Waals surface area (Å²) in [5, 5.41) is 8.87. The number of hydrogen-bond donors (Lipinski definition) is 2. The lowest BCUT2D eigenvalue weighted by Crippen LogP contribution is -2.21. The van der Waals surface area contributed by atoms with Gasteiger partial charge in [-0.2, -0.15) is 5.48 Å². The van der Waals surface area contributed by atoms with Gasteiger partial charge in [0.1, 0.15) is 17.1 Å². The van der Waals surface area contributed by atoms with E-state index in [-0.39, 0.29) is 11.7 Å². The number of carboxylic acids is 1. The van der Waals surface area contributed by atoms with E-state index in [1.165, 1.54) is 18.9 Å². The van der Waals surface area contributed by atoms with Crippen LogP contribution in [0.5, 0.6) is 0 Å². The molecule has 0 radical (unpaired) electrons. The molecule has 0 bridgehead atoms. The van der Waals surface area contributed by atoms with Crippen molar-refractivity contribution in [2.45, 2.75) is 45.3 Å². The van der Waals surface area contributed by atoms with Crippen LogP contribution in [0.4, 0.5) is 0 Å². The number of carbonyl (C=O) groups is 1. The smallest absolute Gasteiger partial charge is 0.339 e. The van der Waals surface area contributed by atoms with Crippen molar-refractivity contribution in [1.29, 1.82) is 0 Å². The van der Waals surface area contributed by atoms with Crippen molar-refractivity contribution in [2.75, 3.05) is 0 Å². The molecule has 94 valence electrons. The molecule has 0 spiro atoms. The first-order valence-electron chi connectivity index (χ1n) is 5.88. The van der Waals surface area contributed by atoms with Crippen LogP contribution in [0.1, 0.15) is 47.6 Å². The maximum absolute atomic E-state index is 10.8. The van der Waals surface area contributed by atoms with E-state index in [4.69, 9.17) is 14.4 Å². The minimum absolute atomic E-state index is 0.211. The third kappa shape index (κ3) is 3.08. The molecule has 0 unspecified atom stereocenters. The van der Waals surface area contributed by atoms with E-state index in [0.29, 0.717) is 18.1 Å². The van der Waals surface area contributed by atoms with Crippen molar-refractivity contribution < 1.29 is 19.2 Å². The summed E-state index contributed by atoms with van der Waals surface area (Å²) in [4.78, 5) is 16.3. The van der Waals surface area contributed by atoms with E-state index in [1.54, 1.807) is 6.92 Å². The molecule has 5 heteroatoms. The number of hydrogen-bond acceptors (Lipinski definition) is 4. The Labute approximate surface area is 99.7 Å². The molecule has 0 saturated heterocycles. The predicted molar refractivity (Wildman–Crippen MR) is 60.6 cm³/mol. The van der Waals surface area contributed by atoms with Crippen molar-refractivity contribution in [3.63, 3.8) is 0 Å². The van der Waals surface area contributed by atoms with E-state index < -0.39 is 5.97 Å². The summed E-state index contributed by atoms with van der Waals surface area (Å²) in [5.41, 5.74) is 3.05. The normalized spacial score (nSPS) is 16.5. The highest BCUT2D eigenvalue weighted by atomic mass is 16.7. The fraction of sp³-hybridized carbons (Fsp3) is 0.583. The second kappa shape index (κ2) is 5.33. The third-order valence-corrected chi connectivity index (χ3v) is 3.00. The van der Waals surface area contributed by atoms with Crippen molar-refractivity contribution >= 4 is 5.97 Å². The van der Waals surface area contributed by atoms with Gasteiger partial charge in [-0.25, -0.2) is 4.79 Å². The summed E-state index contributed by atoms with van der Waals surface area (Å²) < 4.78 is 5.32. The van der Waals surface area contributed by atoms with Gasteiger partial charge in [0, 0.05) is 0 Å². The summed E-state index contributed by atoms with van der Waals surface area (Å²) in [6.45, 7) is 2.04. The summed E-state index contributed by atoms with van der Waals surface area (Å²) in [6.07, 6.45) is 4.89. The first kappa shape index (κ1) is 12.1. The second-order valence-corrected chi connectivity index (χ2v) is 4.33. The molecule has 0 aromatic carbocycles. The van der Waals surface area contributed by atoms with E-state index in [2.05, 4.69) is 5.48 Å². The Kier molecular flexibility index (Phi) is 3.81. The first-order valence-corrected chi connectivity index (χ1v) is 5.88. The van der Waals surface area contributed by atoms with E-state index >= 15 is 0 Å². The van der Waals surface area contributed by atoms with Gasteiger partial charge in [0.25, 0.3) is 0 Å². The maximum Gasteiger partial charge on any atom is 0.339 e. The van der Waals surface area contributed by atoms with Crippen molar-refractivity contribution in [1.82, 2.24) is 5.48 Å². The lowest BCUT2D eigenvalue weighted by Gasteiger charge is -2.10. The highest BCUT2D eigenvalue weighted by molar-refractivity contribution is 5.88. The van der Waals surface area contributed by atoms with Crippen molar-refractivity contribution in [2.24, 2.45) is 0 Å². The largest absolute Gasteiger partial charge is 0.478 e. The topological polar surface area (TPSA) is 71.7 Å². The van der Waals surface area contributed by atoms with Gasteiger partial charge in [-0.15, -0.1) is 0 Å². The standard InChI is InChI=1S/C12H17NO4/c1-8-11(12(14)15)6-10(16-8)7-13-17-9-4-2-3-5-9/h6,9,13H,2-5,7H2,1H3,(H,14,15). The second-order valence-electron chi connectivity index (χ2n) is 4.33. The SMILES string of the molecule is Cc1oc(CNOC2CCCC2)cc1C(=O)O. The Morgan fingerprint density at radius 1 is 1.59 bits per heavy atom. The van der Waals surface area contributed by atoms with Gasteiger partial charge in [-0.05, 0) is 25.8 Å². The van der Waals surface area contributed by atoms with Crippen LogP contribution in [0.15, 0.2) is 10.5 Å². The molecule has 17 heavy (non-hydrogen) atoms. The number of rotatable bonds is 5. The average Bonchev–Trinajstić information content (AvgIpc) is 2.88. The number of aryl methyl sites for hydroxylation is 1. The lowest BCUT2D eigenvalue weighted by atomic mass is 10.2. The van der Waals surface area contributed by atoms with Gasteiger partial charge in [-0.3, -0.25) is 4.84 Å². The molecule has 0 aliphatic heterocycles. The highest BCUT2D eigenvalue weighted by Crippen LogP contribution is 2.20. The molecule has 1 aliphatic carbocycles. The minimum atomic E-state index is -0.964. The zero-order valence-corrected chi connectivity index (χ0v) is 9.86. The fourth-order valence-corrected chi connectivity index (χ4v) is 2.08. The van der Waals surface area contributed by atoms with Crippen LogP contribution in [0, 0.1) is 6.92 Å². The Morgan fingerprint density at radius 2 is 2.29 bits per heavy atom. The zero-order chi connectivity index (χ0) is 12.3. The molecule has 1 aromatic rings.